The third kappa shape index (κ3) is 5.01. The third-order valence-corrected chi connectivity index (χ3v) is 0.954. The number of nitrogens with zero attached hydrogens (tertiary/aromatic N) is 1. The standard InChI is InChI=1S/C8H13N/c1-4-6-7-9-8(3)5-2/h4,7H,1,3,5-6H2,2H3. The molecule has 0 spiro atoms. The summed E-state index contributed by atoms with van der Waals surface area (Å²) in [7, 11) is 0. The summed E-state index contributed by atoms with van der Waals surface area (Å²) in [5, 5.41) is 0. The molecule has 0 atom stereocenters. The lowest BCUT2D eigenvalue weighted by Gasteiger charge is -1.88. The molecule has 0 N–H and O–H groups in total. The number of hydrogen-bond donors (Lipinski definition) is 0. The van der Waals surface area contributed by atoms with Crippen LogP contribution < -0.4 is 0 Å². The van der Waals surface area contributed by atoms with Gasteiger partial charge in [-0.2, -0.15) is 0 Å². The van der Waals surface area contributed by atoms with Crippen molar-refractivity contribution in [3.63, 3.8) is 0 Å². The van der Waals surface area contributed by atoms with Gasteiger partial charge in [0.1, 0.15) is 0 Å². The molecule has 1 heteroatoms. The van der Waals surface area contributed by atoms with Crippen LogP contribution in [0.15, 0.2) is 29.9 Å². The minimum Gasteiger partial charge on any atom is -0.266 e. The molecule has 0 rings (SSSR count). The lowest BCUT2D eigenvalue weighted by Crippen LogP contribution is -1.73. The summed E-state index contributed by atoms with van der Waals surface area (Å²) < 4.78 is 0. The van der Waals surface area contributed by atoms with E-state index in [1.165, 1.54) is 0 Å². The van der Waals surface area contributed by atoms with Gasteiger partial charge in [-0.05, 0) is 6.42 Å². The molecule has 0 aliphatic rings. The van der Waals surface area contributed by atoms with Crippen molar-refractivity contribution in [2.24, 2.45) is 4.99 Å². The molecule has 0 aliphatic carbocycles. The van der Waals surface area contributed by atoms with Crippen molar-refractivity contribution in [3.05, 3.63) is 24.9 Å². The molecule has 0 aromatic rings. The van der Waals surface area contributed by atoms with Crippen molar-refractivity contribution < 1.29 is 0 Å². The van der Waals surface area contributed by atoms with Gasteiger partial charge < -0.3 is 0 Å². The Morgan fingerprint density at radius 1 is 1.67 bits per heavy atom. The highest BCUT2D eigenvalue weighted by atomic mass is 14.7. The van der Waals surface area contributed by atoms with Crippen LogP contribution >= 0.6 is 0 Å². The zero-order chi connectivity index (χ0) is 7.11. The molecular formula is C8H13N. The first kappa shape index (κ1) is 8.15. The summed E-state index contributed by atoms with van der Waals surface area (Å²) in [5.74, 6) is 0. The Morgan fingerprint density at radius 3 is 2.78 bits per heavy atom. The number of aliphatic imine (C=N–C) groups is 1. The zero-order valence-electron chi connectivity index (χ0n) is 5.93. The van der Waals surface area contributed by atoms with E-state index in [0.29, 0.717) is 0 Å². The Kier molecular flexibility index (Phi) is 4.79. The molecule has 0 aromatic heterocycles. The first-order valence-electron chi connectivity index (χ1n) is 3.12. The van der Waals surface area contributed by atoms with Crippen molar-refractivity contribution in [2.45, 2.75) is 19.8 Å². The van der Waals surface area contributed by atoms with E-state index in [4.69, 9.17) is 0 Å². The van der Waals surface area contributed by atoms with E-state index in [1.54, 1.807) is 0 Å². The van der Waals surface area contributed by atoms with E-state index in [2.05, 4.69) is 18.2 Å². The van der Waals surface area contributed by atoms with Gasteiger partial charge in [-0.15, -0.1) is 6.58 Å². The second-order valence-electron chi connectivity index (χ2n) is 1.76. The van der Waals surface area contributed by atoms with E-state index >= 15 is 0 Å². The van der Waals surface area contributed by atoms with Gasteiger partial charge in [0.2, 0.25) is 0 Å². The Hall–Kier alpha value is -0.850. The van der Waals surface area contributed by atoms with Gasteiger partial charge in [-0.25, -0.2) is 0 Å². The van der Waals surface area contributed by atoms with E-state index in [9.17, 15) is 0 Å². The summed E-state index contributed by atoms with van der Waals surface area (Å²) in [5.41, 5.74) is 0.928. The average molecular weight is 123 g/mol. The normalized spacial score (nSPS) is 9.89. The molecule has 0 radical (unpaired) electrons. The molecule has 0 heterocycles. The summed E-state index contributed by atoms with van der Waals surface area (Å²) in [4.78, 5) is 4.04. The van der Waals surface area contributed by atoms with Crippen molar-refractivity contribution in [1.82, 2.24) is 0 Å². The maximum absolute atomic E-state index is 4.04. The monoisotopic (exact) mass is 123 g/mol. The van der Waals surface area contributed by atoms with Gasteiger partial charge in [-0.1, -0.05) is 19.6 Å². The van der Waals surface area contributed by atoms with E-state index in [1.807, 2.05) is 19.2 Å². The van der Waals surface area contributed by atoms with Crippen LogP contribution in [0.25, 0.3) is 0 Å². The van der Waals surface area contributed by atoms with Crippen molar-refractivity contribution in [1.29, 1.82) is 0 Å². The average Bonchev–Trinajstić information content (AvgIpc) is 1.89. The van der Waals surface area contributed by atoms with Gasteiger partial charge in [0.05, 0.1) is 0 Å². The first-order valence-corrected chi connectivity index (χ1v) is 3.12. The Labute approximate surface area is 56.8 Å². The Bertz CT molecular complexity index is 123. The number of hydrogen-bond acceptors (Lipinski definition) is 1. The maximum Gasteiger partial charge on any atom is 0.0325 e. The van der Waals surface area contributed by atoms with Gasteiger partial charge >= 0.3 is 0 Å². The quantitative estimate of drug-likeness (QED) is 0.402. The van der Waals surface area contributed by atoms with Crippen LogP contribution in [-0.2, 0) is 0 Å². The van der Waals surface area contributed by atoms with Gasteiger partial charge in [0.15, 0.2) is 0 Å². The first-order chi connectivity index (χ1) is 4.31. The van der Waals surface area contributed by atoms with E-state index in [-0.39, 0.29) is 0 Å². The van der Waals surface area contributed by atoms with Gasteiger partial charge in [0, 0.05) is 18.3 Å². The largest absolute Gasteiger partial charge is 0.266 e. The molecule has 0 saturated carbocycles. The summed E-state index contributed by atoms with van der Waals surface area (Å²) in [6, 6.07) is 0. The molecule has 0 aliphatic heterocycles. The van der Waals surface area contributed by atoms with Crippen LogP contribution in [0.5, 0.6) is 0 Å². The van der Waals surface area contributed by atoms with Crippen molar-refractivity contribution in [3.8, 4) is 0 Å². The van der Waals surface area contributed by atoms with E-state index < -0.39 is 0 Å². The minimum absolute atomic E-state index is 0.832. The lowest BCUT2D eigenvalue weighted by molar-refractivity contribution is 1.08. The fourth-order valence-electron chi connectivity index (χ4n) is 0.348. The molecule has 0 fully saturated rings. The molecule has 0 bridgehead atoms. The highest BCUT2D eigenvalue weighted by Crippen LogP contribution is 1.95. The van der Waals surface area contributed by atoms with Crippen LogP contribution in [0, 0.1) is 0 Å². The fraction of sp³-hybridized carbons (Fsp3) is 0.375. The molecular weight excluding hydrogens is 110 g/mol. The maximum atomic E-state index is 4.04. The second kappa shape index (κ2) is 5.29. The highest BCUT2D eigenvalue weighted by Gasteiger charge is 1.78. The number of allylic oxidation sites excluding steroid dienone is 2. The fourth-order valence-corrected chi connectivity index (χ4v) is 0.348. The highest BCUT2D eigenvalue weighted by molar-refractivity contribution is 5.60. The van der Waals surface area contributed by atoms with Crippen molar-refractivity contribution >= 4 is 6.21 Å². The minimum atomic E-state index is 0.832. The van der Waals surface area contributed by atoms with Crippen LogP contribution in [-0.4, -0.2) is 6.21 Å². The number of rotatable bonds is 4. The third-order valence-electron chi connectivity index (χ3n) is 0.954. The molecule has 0 amide bonds. The lowest BCUT2D eigenvalue weighted by atomic mass is 10.4. The summed E-state index contributed by atoms with van der Waals surface area (Å²) in [6.45, 7) is 9.31. The smallest absolute Gasteiger partial charge is 0.0325 e. The topological polar surface area (TPSA) is 12.4 Å². The molecule has 50 valence electrons. The molecule has 1 nitrogen and oxygen atoms in total. The summed E-state index contributed by atoms with van der Waals surface area (Å²) in [6.07, 6.45) is 5.39. The summed E-state index contributed by atoms with van der Waals surface area (Å²) >= 11 is 0. The molecule has 0 unspecified atom stereocenters. The second-order valence-corrected chi connectivity index (χ2v) is 1.76. The Morgan fingerprint density at radius 2 is 2.33 bits per heavy atom. The zero-order valence-corrected chi connectivity index (χ0v) is 5.93. The predicted octanol–water partition coefficient (Wildman–Crippen LogP) is 2.56. The molecule has 0 saturated heterocycles. The molecule has 9 heavy (non-hydrogen) atoms. The Balaban J connectivity index is 3.43. The van der Waals surface area contributed by atoms with Crippen LogP contribution in [0.3, 0.4) is 0 Å². The van der Waals surface area contributed by atoms with Crippen LogP contribution in [0.2, 0.25) is 0 Å². The van der Waals surface area contributed by atoms with Crippen LogP contribution in [0.4, 0.5) is 0 Å². The van der Waals surface area contributed by atoms with Gasteiger partial charge in [-0.3, -0.25) is 4.99 Å². The van der Waals surface area contributed by atoms with Gasteiger partial charge in [0.25, 0.3) is 0 Å². The predicted molar refractivity (Wildman–Crippen MR) is 42.7 cm³/mol. The van der Waals surface area contributed by atoms with Crippen LogP contribution in [0.1, 0.15) is 19.8 Å². The van der Waals surface area contributed by atoms with E-state index in [0.717, 1.165) is 18.5 Å². The molecule has 0 aromatic carbocycles. The SMILES string of the molecule is C=CCC=NC(=C)CC. The van der Waals surface area contributed by atoms with Crippen molar-refractivity contribution in [2.75, 3.05) is 0 Å².